The number of aromatic nitrogens is 2. The minimum Gasteiger partial charge on any atom is -0.422 e. The molecule has 0 saturated carbocycles. The number of nitriles is 1. The number of para-hydroxylation sites is 2. The van der Waals surface area contributed by atoms with E-state index >= 15 is 0 Å². The van der Waals surface area contributed by atoms with E-state index < -0.39 is 22.0 Å². The van der Waals surface area contributed by atoms with E-state index in [4.69, 9.17) is 10.00 Å². The van der Waals surface area contributed by atoms with Crippen molar-refractivity contribution in [1.29, 1.82) is 5.26 Å². The van der Waals surface area contributed by atoms with Gasteiger partial charge in [0.15, 0.2) is 0 Å². The molecule has 4 rings (SSSR count). The maximum Gasteiger partial charge on any atom is 0.368 e. The SMILES string of the molecule is Cc1cc(=O)c(C(=O)Oc2ccc(-c3ccc(C#N)cc3)cc2)nn1-c1ccccc1[N+](=O)[O-]. The van der Waals surface area contributed by atoms with E-state index in [0.29, 0.717) is 11.3 Å². The molecule has 0 fully saturated rings. The highest BCUT2D eigenvalue weighted by molar-refractivity contribution is 5.89. The predicted molar refractivity (Wildman–Crippen MR) is 123 cm³/mol. The van der Waals surface area contributed by atoms with Crippen molar-refractivity contribution in [3.05, 3.63) is 116 Å². The van der Waals surface area contributed by atoms with Crippen molar-refractivity contribution in [1.82, 2.24) is 9.78 Å². The van der Waals surface area contributed by atoms with Crippen LogP contribution in [0.25, 0.3) is 16.8 Å². The largest absolute Gasteiger partial charge is 0.422 e. The van der Waals surface area contributed by atoms with Crippen LogP contribution < -0.4 is 10.2 Å². The number of rotatable bonds is 5. The number of nitro benzene ring substituents is 1. The van der Waals surface area contributed by atoms with Gasteiger partial charge < -0.3 is 4.74 Å². The Morgan fingerprint density at radius 1 is 1.03 bits per heavy atom. The topological polar surface area (TPSA) is 128 Å². The van der Waals surface area contributed by atoms with Crippen molar-refractivity contribution >= 4 is 11.7 Å². The van der Waals surface area contributed by atoms with Gasteiger partial charge in [-0.15, -0.1) is 0 Å². The van der Waals surface area contributed by atoms with Gasteiger partial charge in [0, 0.05) is 17.8 Å². The lowest BCUT2D eigenvalue weighted by molar-refractivity contribution is -0.384. The summed E-state index contributed by atoms with van der Waals surface area (Å²) in [4.78, 5) is 36.0. The van der Waals surface area contributed by atoms with Crippen LogP contribution in [0, 0.1) is 28.4 Å². The minimum atomic E-state index is -0.983. The van der Waals surface area contributed by atoms with Gasteiger partial charge >= 0.3 is 5.97 Å². The Labute approximate surface area is 193 Å². The molecule has 4 aromatic rings. The highest BCUT2D eigenvalue weighted by Crippen LogP contribution is 2.24. The zero-order valence-corrected chi connectivity index (χ0v) is 17.8. The molecule has 0 aliphatic carbocycles. The van der Waals surface area contributed by atoms with E-state index in [2.05, 4.69) is 11.2 Å². The molecule has 3 aromatic carbocycles. The van der Waals surface area contributed by atoms with Crippen LogP contribution in [0.4, 0.5) is 5.69 Å². The molecule has 9 heteroatoms. The summed E-state index contributed by atoms with van der Waals surface area (Å²) in [6, 6.07) is 22.7. The summed E-state index contributed by atoms with van der Waals surface area (Å²) in [5, 5.41) is 24.4. The fraction of sp³-hybridized carbons (Fsp3) is 0.0400. The average Bonchev–Trinajstić information content (AvgIpc) is 2.84. The highest BCUT2D eigenvalue weighted by atomic mass is 16.6. The van der Waals surface area contributed by atoms with Gasteiger partial charge in [0.1, 0.15) is 11.4 Å². The van der Waals surface area contributed by atoms with Crippen molar-refractivity contribution < 1.29 is 14.5 Å². The number of ether oxygens (including phenoxy) is 1. The van der Waals surface area contributed by atoms with E-state index in [9.17, 15) is 19.7 Å². The summed E-state index contributed by atoms with van der Waals surface area (Å²) < 4.78 is 6.50. The first-order chi connectivity index (χ1) is 16.4. The van der Waals surface area contributed by atoms with Crippen molar-refractivity contribution in [2.24, 2.45) is 0 Å². The number of nitro groups is 1. The predicted octanol–water partition coefficient (Wildman–Crippen LogP) is 4.21. The van der Waals surface area contributed by atoms with Crippen LogP contribution in [0.5, 0.6) is 5.75 Å². The van der Waals surface area contributed by atoms with Crippen molar-refractivity contribution in [2.45, 2.75) is 6.92 Å². The number of nitrogens with zero attached hydrogens (tertiary/aromatic N) is 4. The number of carbonyl (C=O) groups excluding carboxylic acids is 1. The van der Waals surface area contributed by atoms with Crippen molar-refractivity contribution in [3.63, 3.8) is 0 Å². The van der Waals surface area contributed by atoms with Crippen LogP contribution in [0.15, 0.2) is 83.7 Å². The van der Waals surface area contributed by atoms with E-state index in [-0.39, 0.29) is 17.1 Å². The fourth-order valence-corrected chi connectivity index (χ4v) is 3.34. The lowest BCUT2D eigenvalue weighted by Crippen LogP contribution is -2.26. The standard InChI is InChI=1S/C25H16N4O5/c1-16-14-23(30)24(27-28(16)21-4-2-3-5-22(21)29(32)33)25(31)34-20-12-10-19(11-13-20)18-8-6-17(15-26)7-9-18/h2-14H,1H3. The van der Waals surface area contributed by atoms with E-state index in [1.54, 1.807) is 61.5 Å². The first-order valence-electron chi connectivity index (χ1n) is 10.0. The molecule has 0 amide bonds. The van der Waals surface area contributed by atoms with E-state index in [1.165, 1.54) is 28.9 Å². The fourth-order valence-electron chi connectivity index (χ4n) is 3.34. The second kappa shape index (κ2) is 9.18. The second-order valence-electron chi connectivity index (χ2n) is 7.26. The van der Waals surface area contributed by atoms with E-state index in [0.717, 1.165) is 11.1 Å². The molecular formula is C25H16N4O5. The van der Waals surface area contributed by atoms with Gasteiger partial charge in [0.05, 0.1) is 16.6 Å². The van der Waals surface area contributed by atoms with Gasteiger partial charge in [-0.3, -0.25) is 14.9 Å². The molecule has 0 aliphatic heterocycles. The zero-order valence-electron chi connectivity index (χ0n) is 17.8. The molecular weight excluding hydrogens is 436 g/mol. The Bertz CT molecular complexity index is 1500. The molecule has 0 radical (unpaired) electrons. The van der Waals surface area contributed by atoms with Gasteiger partial charge in [0.25, 0.3) is 5.69 Å². The second-order valence-corrected chi connectivity index (χ2v) is 7.26. The van der Waals surface area contributed by atoms with Gasteiger partial charge in [-0.25, -0.2) is 9.48 Å². The summed E-state index contributed by atoms with van der Waals surface area (Å²) in [5.74, 6) is -0.787. The van der Waals surface area contributed by atoms with Crippen LogP contribution in [0.1, 0.15) is 21.7 Å². The lowest BCUT2D eigenvalue weighted by atomic mass is 10.0. The smallest absolute Gasteiger partial charge is 0.368 e. The molecule has 0 aliphatic rings. The monoisotopic (exact) mass is 452 g/mol. The molecule has 0 bridgehead atoms. The van der Waals surface area contributed by atoms with Gasteiger partial charge in [0.2, 0.25) is 11.1 Å². The molecule has 0 N–H and O–H groups in total. The number of hydrogen-bond donors (Lipinski definition) is 0. The zero-order chi connectivity index (χ0) is 24.2. The lowest BCUT2D eigenvalue weighted by Gasteiger charge is -2.11. The molecule has 1 aromatic heterocycles. The summed E-state index contributed by atoms with van der Waals surface area (Å²) in [6.45, 7) is 1.56. The number of esters is 1. The quantitative estimate of drug-likeness (QED) is 0.192. The average molecular weight is 452 g/mol. The van der Waals surface area contributed by atoms with Crippen LogP contribution in [-0.2, 0) is 0 Å². The summed E-state index contributed by atoms with van der Waals surface area (Å²) in [6.07, 6.45) is 0. The number of hydrogen-bond acceptors (Lipinski definition) is 7. The molecule has 166 valence electrons. The summed E-state index contributed by atoms with van der Waals surface area (Å²) in [5.41, 5.74) is 1.33. The van der Waals surface area contributed by atoms with E-state index in [1.807, 2.05) is 0 Å². The maximum atomic E-state index is 12.7. The molecule has 0 spiro atoms. The number of benzene rings is 3. The molecule has 9 nitrogen and oxygen atoms in total. The molecule has 0 atom stereocenters. The van der Waals surface area contributed by atoms with Crippen molar-refractivity contribution in [2.75, 3.05) is 0 Å². The summed E-state index contributed by atoms with van der Waals surface area (Å²) in [7, 11) is 0. The van der Waals surface area contributed by atoms with Crippen LogP contribution >= 0.6 is 0 Å². The van der Waals surface area contributed by atoms with Crippen LogP contribution in [0.2, 0.25) is 0 Å². The first kappa shape index (κ1) is 22.1. The summed E-state index contributed by atoms with van der Waals surface area (Å²) >= 11 is 0. The first-order valence-corrected chi connectivity index (χ1v) is 10.0. The van der Waals surface area contributed by atoms with Crippen LogP contribution in [0.3, 0.4) is 0 Å². The Morgan fingerprint density at radius 3 is 2.26 bits per heavy atom. The molecule has 34 heavy (non-hydrogen) atoms. The normalized spacial score (nSPS) is 10.4. The van der Waals surface area contributed by atoms with Gasteiger partial charge in [-0.1, -0.05) is 36.4 Å². The Hall–Kier alpha value is -5.10. The third-order valence-corrected chi connectivity index (χ3v) is 5.02. The Kier molecular flexibility index (Phi) is 5.97. The van der Waals surface area contributed by atoms with Crippen molar-refractivity contribution in [3.8, 4) is 28.6 Å². The molecule has 0 saturated heterocycles. The minimum absolute atomic E-state index is 0.116. The maximum absolute atomic E-state index is 12.7. The third kappa shape index (κ3) is 4.42. The number of aryl methyl sites for hydroxylation is 1. The third-order valence-electron chi connectivity index (χ3n) is 5.02. The van der Waals surface area contributed by atoms with Gasteiger partial charge in [-0.05, 0) is 48.4 Å². The molecule has 0 unspecified atom stereocenters. The Balaban J connectivity index is 1.61. The van der Waals surface area contributed by atoms with Gasteiger partial charge in [-0.2, -0.15) is 10.4 Å². The highest BCUT2D eigenvalue weighted by Gasteiger charge is 2.21. The number of carbonyl (C=O) groups is 1. The Morgan fingerprint density at radius 2 is 1.65 bits per heavy atom. The van der Waals surface area contributed by atoms with Crippen LogP contribution in [-0.4, -0.2) is 20.7 Å². The molecule has 1 heterocycles.